The predicted molar refractivity (Wildman–Crippen MR) is 146 cm³/mol. The number of aromatic hydroxyl groups is 2. The van der Waals surface area contributed by atoms with Crippen molar-refractivity contribution >= 4 is 52.3 Å². The third-order valence-corrected chi connectivity index (χ3v) is 6.46. The van der Waals surface area contributed by atoms with Crippen molar-refractivity contribution in [2.45, 2.75) is 18.6 Å². The lowest BCUT2D eigenvalue weighted by atomic mass is 10.2. The molecule has 1 unspecified atom stereocenters. The number of amides is 2. The number of carbonyl (C=O) groups is 3. The number of rotatable bonds is 8. The van der Waals surface area contributed by atoms with Gasteiger partial charge in [0.05, 0.1) is 24.1 Å². The van der Waals surface area contributed by atoms with Gasteiger partial charge in [0.25, 0.3) is 0 Å². The molecular formula is C27H24N4O6S. The second kappa shape index (κ2) is 12.1. The maximum Gasteiger partial charge on any atom is 0.338 e. The van der Waals surface area contributed by atoms with Gasteiger partial charge in [0.1, 0.15) is 16.7 Å². The highest BCUT2D eigenvalue weighted by Gasteiger charge is 2.40. The summed E-state index contributed by atoms with van der Waals surface area (Å²) in [5, 5.41) is 29.6. The topological polar surface area (TPSA) is 141 Å². The molecule has 2 amide bonds. The van der Waals surface area contributed by atoms with E-state index in [0.29, 0.717) is 22.5 Å². The zero-order chi connectivity index (χ0) is 27.1. The van der Waals surface area contributed by atoms with Gasteiger partial charge in [-0.3, -0.25) is 14.5 Å². The van der Waals surface area contributed by atoms with E-state index >= 15 is 0 Å². The van der Waals surface area contributed by atoms with Crippen LogP contribution in [-0.4, -0.2) is 51.2 Å². The van der Waals surface area contributed by atoms with E-state index in [4.69, 9.17) is 4.74 Å². The number of hydrogen-bond acceptors (Lipinski definition) is 9. The second-order valence-corrected chi connectivity index (χ2v) is 9.24. The van der Waals surface area contributed by atoms with Crippen LogP contribution in [0.25, 0.3) is 0 Å². The van der Waals surface area contributed by atoms with Gasteiger partial charge in [-0.2, -0.15) is 5.10 Å². The summed E-state index contributed by atoms with van der Waals surface area (Å²) >= 11 is 1.10. The zero-order valence-corrected chi connectivity index (χ0v) is 21.1. The number of phenolic OH excluding ortho intramolecular Hbond substituents is 2. The number of benzene rings is 3. The van der Waals surface area contributed by atoms with Crippen LogP contribution in [0.3, 0.4) is 0 Å². The van der Waals surface area contributed by atoms with Crippen molar-refractivity contribution in [3.63, 3.8) is 0 Å². The third-order valence-electron chi connectivity index (χ3n) is 5.34. The molecule has 3 aromatic rings. The maximum absolute atomic E-state index is 13.3. The number of amidine groups is 1. The third kappa shape index (κ3) is 6.56. The Morgan fingerprint density at radius 3 is 2.26 bits per heavy atom. The Bertz CT molecular complexity index is 1370. The van der Waals surface area contributed by atoms with Gasteiger partial charge in [0.15, 0.2) is 5.17 Å². The highest BCUT2D eigenvalue weighted by molar-refractivity contribution is 8.16. The Morgan fingerprint density at radius 1 is 1.00 bits per heavy atom. The van der Waals surface area contributed by atoms with E-state index in [0.717, 1.165) is 11.8 Å². The number of nitrogens with one attached hydrogen (secondary N) is 1. The highest BCUT2D eigenvalue weighted by Crippen LogP contribution is 2.34. The molecule has 4 rings (SSSR count). The van der Waals surface area contributed by atoms with Crippen molar-refractivity contribution in [3.8, 4) is 11.5 Å². The van der Waals surface area contributed by atoms with Gasteiger partial charge >= 0.3 is 5.97 Å². The molecule has 0 saturated carbocycles. The van der Waals surface area contributed by atoms with Gasteiger partial charge < -0.3 is 20.3 Å². The van der Waals surface area contributed by atoms with E-state index < -0.39 is 11.2 Å². The summed E-state index contributed by atoms with van der Waals surface area (Å²) in [6.45, 7) is 1.98. The molecule has 1 saturated heterocycles. The second-order valence-electron chi connectivity index (χ2n) is 8.07. The number of nitrogens with zero attached hydrogens (tertiary/aromatic N) is 3. The Labute approximate surface area is 222 Å². The molecule has 0 radical (unpaired) electrons. The predicted octanol–water partition coefficient (Wildman–Crippen LogP) is 4.14. The van der Waals surface area contributed by atoms with Crippen molar-refractivity contribution < 1.29 is 29.3 Å². The lowest BCUT2D eigenvalue weighted by molar-refractivity contribution is -0.121. The van der Waals surface area contributed by atoms with Gasteiger partial charge in [-0.1, -0.05) is 11.8 Å². The molecule has 3 N–H and O–H groups in total. The lowest BCUT2D eigenvalue weighted by Crippen LogP contribution is -2.33. The van der Waals surface area contributed by atoms with E-state index in [1.54, 1.807) is 55.5 Å². The monoisotopic (exact) mass is 532 g/mol. The summed E-state index contributed by atoms with van der Waals surface area (Å²) in [6, 6.07) is 18.7. The van der Waals surface area contributed by atoms with Crippen LogP contribution in [0.15, 0.2) is 83.0 Å². The van der Waals surface area contributed by atoms with Gasteiger partial charge in [0.2, 0.25) is 11.8 Å². The lowest BCUT2D eigenvalue weighted by Gasteiger charge is -2.16. The number of esters is 1. The Morgan fingerprint density at radius 2 is 1.63 bits per heavy atom. The minimum atomic E-state index is -0.759. The Kier molecular flexibility index (Phi) is 8.39. The summed E-state index contributed by atoms with van der Waals surface area (Å²) in [5.74, 6) is -1.03. The van der Waals surface area contributed by atoms with Crippen molar-refractivity contribution in [1.29, 1.82) is 0 Å². The Hall–Kier alpha value is -4.64. The Balaban J connectivity index is 1.48. The van der Waals surface area contributed by atoms with E-state index in [1.165, 1.54) is 35.4 Å². The zero-order valence-electron chi connectivity index (χ0n) is 20.3. The van der Waals surface area contributed by atoms with Crippen LogP contribution in [-0.2, 0) is 14.3 Å². The molecule has 38 heavy (non-hydrogen) atoms. The SMILES string of the molecule is CCOC(=O)c1ccc(NC(=O)CC2S/C(=N/N=C/c3ccc(O)cc3)N(c3ccc(O)cc3)C2=O)cc1. The number of hydrogen-bond donors (Lipinski definition) is 3. The summed E-state index contributed by atoms with van der Waals surface area (Å²) in [6.07, 6.45) is 1.35. The number of carbonyl (C=O) groups excluding carboxylic acids is 3. The average molecular weight is 533 g/mol. The van der Waals surface area contributed by atoms with E-state index in [1.807, 2.05) is 0 Å². The minimum absolute atomic E-state index is 0.0433. The first kappa shape index (κ1) is 26.4. The standard InChI is InChI=1S/C27H24N4O6S/c1-2-37-26(36)18-5-7-19(8-6-18)29-24(34)15-23-25(35)31(20-9-13-22(33)14-10-20)27(38-23)30-28-16-17-3-11-21(32)12-4-17/h3-14,16,23,32-33H,2,15H2,1H3,(H,29,34)/b28-16+,30-27+. The largest absolute Gasteiger partial charge is 0.508 e. The fourth-order valence-electron chi connectivity index (χ4n) is 3.50. The number of thioether (sulfide) groups is 1. The molecule has 1 aliphatic heterocycles. The molecule has 1 fully saturated rings. The van der Waals surface area contributed by atoms with Crippen LogP contribution in [0.1, 0.15) is 29.3 Å². The van der Waals surface area contributed by atoms with Gasteiger partial charge in [-0.15, -0.1) is 5.10 Å². The smallest absolute Gasteiger partial charge is 0.338 e. The van der Waals surface area contributed by atoms with Crippen LogP contribution in [0.5, 0.6) is 11.5 Å². The van der Waals surface area contributed by atoms with Crippen molar-refractivity contribution in [2.75, 3.05) is 16.8 Å². The first-order chi connectivity index (χ1) is 18.3. The number of ether oxygens (including phenoxy) is 1. The van der Waals surface area contributed by atoms with Crippen molar-refractivity contribution in [3.05, 3.63) is 83.9 Å². The molecule has 1 atom stereocenters. The van der Waals surface area contributed by atoms with Crippen LogP contribution >= 0.6 is 11.8 Å². The number of anilines is 2. The maximum atomic E-state index is 13.3. The van der Waals surface area contributed by atoms with Crippen molar-refractivity contribution in [2.24, 2.45) is 10.2 Å². The van der Waals surface area contributed by atoms with Crippen LogP contribution in [0.4, 0.5) is 11.4 Å². The summed E-state index contributed by atoms with van der Waals surface area (Å²) in [5.41, 5.74) is 2.00. The summed E-state index contributed by atoms with van der Waals surface area (Å²) in [4.78, 5) is 39.2. The summed E-state index contributed by atoms with van der Waals surface area (Å²) in [7, 11) is 0. The molecule has 0 aliphatic carbocycles. The minimum Gasteiger partial charge on any atom is -0.508 e. The summed E-state index contributed by atoms with van der Waals surface area (Å²) < 4.78 is 4.95. The first-order valence-corrected chi connectivity index (χ1v) is 12.5. The quantitative estimate of drug-likeness (QED) is 0.225. The van der Waals surface area contributed by atoms with E-state index in [2.05, 4.69) is 15.5 Å². The molecule has 11 heteroatoms. The molecule has 1 aliphatic rings. The van der Waals surface area contributed by atoms with E-state index in [9.17, 15) is 24.6 Å². The molecule has 0 spiro atoms. The van der Waals surface area contributed by atoms with Gasteiger partial charge in [0, 0.05) is 12.1 Å². The highest BCUT2D eigenvalue weighted by atomic mass is 32.2. The normalized spacial score (nSPS) is 16.2. The molecule has 194 valence electrons. The van der Waals surface area contributed by atoms with Crippen LogP contribution in [0.2, 0.25) is 0 Å². The fourth-order valence-corrected chi connectivity index (χ4v) is 4.59. The fraction of sp³-hybridized carbons (Fsp3) is 0.148. The van der Waals surface area contributed by atoms with E-state index in [-0.39, 0.29) is 41.5 Å². The molecule has 0 bridgehead atoms. The molecule has 0 aromatic heterocycles. The molecule has 10 nitrogen and oxygen atoms in total. The number of phenols is 2. The van der Waals surface area contributed by atoms with Gasteiger partial charge in [-0.05, 0) is 85.3 Å². The van der Waals surface area contributed by atoms with Crippen LogP contribution < -0.4 is 10.2 Å². The van der Waals surface area contributed by atoms with Gasteiger partial charge in [-0.25, -0.2) is 4.79 Å². The molecule has 3 aromatic carbocycles. The average Bonchev–Trinajstić information content (AvgIpc) is 3.20. The molecule has 1 heterocycles. The molecular weight excluding hydrogens is 508 g/mol. The van der Waals surface area contributed by atoms with Crippen LogP contribution in [0, 0.1) is 0 Å². The van der Waals surface area contributed by atoms with Crippen molar-refractivity contribution in [1.82, 2.24) is 0 Å². The first-order valence-electron chi connectivity index (χ1n) is 11.6.